The van der Waals surface area contributed by atoms with Crippen molar-refractivity contribution in [2.75, 3.05) is 22.9 Å². The van der Waals surface area contributed by atoms with E-state index >= 15 is 0 Å². The van der Waals surface area contributed by atoms with Crippen LogP contribution >= 0.6 is 27.3 Å². The van der Waals surface area contributed by atoms with Crippen molar-refractivity contribution in [2.24, 2.45) is 0 Å². The van der Waals surface area contributed by atoms with Gasteiger partial charge >= 0.3 is 73.4 Å². The Labute approximate surface area is 320 Å². The van der Waals surface area contributed by atoms with Crippen molar-refractivity contribution in [1.29, 1.82) is 0 Å². The van der Waals surface area contributed by atoms with E-state index in [-0.39, 0.29) is 7.92 Å². The molecule has 7 rings (SSSR count). The minimum absolute atomic E-state index is 0.0465. The van der Waals surface area contributed by atoms with Crippen LogP contribution in [-0.2, 0) is 13.5 Å². The summed E-state index contributed by atoms with van der Waals surface area (Å²) in [6.07, 6.45) is 23.8. The first kappa shape index (κ1) is 40.0. The van der Waals surface area contributed by atoms with Crippen molar-refractivity contribution in [2.45, 2.75) is 140 Å². The third-order valence-electron chi connectivity index (χ3n) is 11.4. The van der Waals surface area contributed by atoms with Gasteiger partial charge in [-0.25, -0.2) is 0 Å². The Morgan fingerprint density at radius 3 is 1.54 bits per heavy atom. The fraction of sp³-hybridized carbons (Fsp3) is 0.545. The zero-order chi connectivity index (χ0) is 35.1. The molecule has 276 valence electrons. The summed E-state index contributed by atoms with van der Waals surface area (Å²) in [5.74, 6) is 0.544. The van der Waals surface area contributed by atoms with E-state index in [1.54, 1.807) is 96.3 Å². The molecule has 0 bridgehead atoms. The summed E-state index contributed by atoms with van der Waals surface area (Å²) >= 11 is -1.61. The van der Waals surface area contributed by atoms with Gasteiger partial charge in [0.2, 0.25) is 0 Å². The number of benzene rings is 3. The van der Waals surface area contributed by atoms with Gasteiger partial charge in [-0.3, -0.25) is 0 Å². The van der Waals surface area contributed by atoms with Gasteiger partial charge in [-0.1, -0.05) is 69.5 Å². The molecule has 6 heteroatoms. The molecule has 4 fully saturated rings. The van der Waals surface area contributed by atoms with Crippen LogP contribution in [0.2, 0.25) is 0 Å². The molecule has 0 atom stereocenters. The zero-order valence-corrected chi connectivity index (χ0v) is 35.2. The normalized spacial score (nSPS) is 19.5. The number of halogens is 2. The Hall–Kier alpha value is -1.24. The van der Waals surface area contributed by atoms with Crippen LogP contribution in [0.1, 0.15) is 133 Å². The molecule has 3 aromatic carbocycles. The molecule has 0 radical (unpaired) electrons. The van der Waals surface area contributed by atoms with Gasteiger partial charge in [-0.05, 0) is 113 Å². The van der Waals surface area contributed by atoms with Gasteiger partial charge in [0, 0.05) is 32.4 Å². The molecule has 0 N–H and O–H groups in total. The van der Waals surface area contributed by atoms with E-state index in [2.05, 4.69) is 85.8 Å². The van der Waals surface area contributed by atoms with Crippen molar-refractivity contribution >= 4 is 43.3 Å². The first-order valence-electron chi connectivity index (χ1n) is 19.7. The maximum atomic E-state index is 5.67. The summed E-state index contributed by atoms with van der Waals surface area (Å²) in [6, 6.07) is 27.2. The van der Waals surface area contributed by atoms with Crippen LogP contribution in [0.4, 0.5) is 11.4 Å². The third kappa shape index (κ3) is 12.2. The molecule has 2 nitrogen and oxygen atoms in total. The van der Waals surface area contributed by atoms with Crippen LogP contribution in [0.5, 0.6) is 0 Å². The van der Waals surface area contributed by atoms with Crippen molar-refractivity contribution in [3.05, 3.63) is 102 Å². The number of hydrogen-bond acceptors (Lipinski definition) is 2. The fourth-order valence-electron chi connectivity index (χ4n) is 8.91. The Kier molecular flexibility index (Phi) is 17.2. The van der Waals surface area contributed by atoms with Crippen LogP contribution in [0.15, 0.2) is 78.9 Å². The van der Waals surface area contributed by atoms with Gasteiger partial charge in [0.05, 0.1) is 17.0 Å². The molecule has 3 saturated carbocycles. The summed E-state index contributed by atoms with van der Waals surface area (Å²) in [5.41, 5.74) is 10.2. The van der Waals surface area contributed by atoms with E-state index in [1.807, 2.05) is 34.9 Å². The molecule has 0 aromatic heterocycles. The topological polar surface area (TPSA) is 6.48 Å². The molecular weight excluding hydrogens is 759 g/mol. The molecule has 3 aromatic rings. The fourth-order valence-corrected chi connectivity index (χ4v) is 16.0. The van der Waals surface area contributed by atoms with Crippen molar-refractivity contribution < 1.29 is 13.5 Å². The molecule has 1 saturated heterocycles. The van der Waals surface area contributed by atoms with Gasteiger partial charge in [0.15, 0.2) is 0 Å². The summed E-state index contributed by atoms with van der Waals surface area (Å²) in [5, 5.41) is 0. The summed E-state index contributed by atoms with van der Waals surface area (Å²) in [6.45, 7) is 11.0. The van der Waals surface area contributed by atoms with Crippen molar-refractivity contribution in [3.8, 4) is 0 Å². The first-order chi connectivity index (χ1) is 24.4. The average molecular weight is 823 g/mol. The standard InChI is InChI=1S/C19H23N2.C18H33P.C7H6.2ClH.Ru/c1-15(2)17-9-5-7-11-19(17)21-13-12-20(14-21)18-10-6-4-8-16(18)3;1-4-10-16(11-5-1)19(17-12-6-2-7-13-17)18-14-8-3-9-15-18;1-7-5-3-2-4-6-7;;;/h4-11,14-15H,12-13H2,1-3H3;16-18H,1-15H2;1-6H;2*1H;/q-1;;;;;+2/p-1. The van der Waals surface area contributed by atoms with Crippen molar-refractivity contribution in [1.82, 2.24) is 0 Å². The molecular formula is C44H63Cl2N2PRu. The van der Waals surface area contributed by atoms with E-state index in [9.17, 15) is 0 Å². The van der Waals surface area contributed by atoms with Crippen molar-refractivity contribution in [3.63, 3.8) is 0 Å². The number of para-hydroxylation sites is 2. The maximum absolute atomic E-state index is 5.67. The average Bonchev–Trinajstić information content (AvgIpc) is 3.64. The Balaban J connectivity index is 0.000000155. The number of aryl methyl sites for hydroxylation is 1. The number of rotatable bonds is 7. The van der Waals surface area contributed by atoms with Gasteiger partial charge < -0.3 is 9.80 Å². The molecule has 1 heterocycles. The molecule has 4 aliphatic rings. The van der Waals surface area contributed by atoms with E-state index in [4.69, 9.17) is 19.4 Å². The second-order valence-electron chi connectivity index (χ2n) is 15.2. The molecule has 3 aliphatic carbocycles. The van der Waals surface area contributed by atoms with Crippen LogP contribution in [-0.4, -0.2) is 34.7 Å². The van der Waals surface area contributed by atoms with Crippen LogP contribution in [0.3, 0.4) is 0 Å². The van der Waals surface area contributed by atoms with Gasteiger partial charge in [-0.15, -0.1) is 0 Å². The van der Waals surface area contributed by atoms with Crippen LogP contribution in [0, 0.1) is 13.6 Å². The second-order valence-corrected chi connectivity index (χ2v) is 24.4. The molecule has 1 aliphatic heterocycles. The predicted octanol–water partition coefficient (Wildman–Crippen LogP) is 13.5. The van der Waals surface area contributed by atoms with Crippen LogP contribution in [0.25, 0.3) is 0 Å². The molecule has 0 spiro atoms. The molecule has 0 unspecified atom stereocenters. The molecule has 50 heavy (non-hydrogen) atoms. The zero-order valence-electron chi connectivity index (χ0n) is 31.0. The molecule has 0 amide bonds. The SMILES string of the molecule is C1CCC([PH+](C2CCCCC2)C2CCCCC2)CC1.Cc1ccccc1N1[CH-]N(c2ccccc2C(C)C)CC1.[Cl][Ru]([Cl])=[CH]c1ccccc1. The number of anilines is 2. The summed E-state index contributed by atoms with van der Waals surface area (Å²) in [7, 11) is 11.3. The monoisotopic (exact) mass is 822 g/mol. The quantitative estimate of drug-likeness (QED) is 0.133. The van der Waals surface area contributed by atoms with Gasteiger partial charge in [-0.2, -0.15) is 6.67 Å². The third-order valence-corrected chi connectivity index (χ3v) is 17.8. The van der Waals surface area contributed by atoms with E-state index < -0.39 is 13.5 Å². The van der Waals surface area contributed by atoms with Crippen LogP contribution < -0.4 is 9.80 Å². The van der Waals surface area contributed by atoms with E-state index in [0.29, 0.717) is 5.92 Å². The summed E-state index contributed by atoms with van der Waals surface area (Å²) < 4.78 is 1.92. The Morgan fingerprint density at radius 1 is 0.620 bits per heavy atom. The Bertz CT molecular complexity index is 1380. The minimum atomic E-state index is -1.61. The second kappa shape index (κ2) is 21.5. The Morgan fingerprint density at radius 2 is 1.06 bits per heavy atom. The summed E-state index contributed by atoms with van der Waals surface area (Å²) in [4.78, 5) is 4.73. The van der Waals surface area contributed by atoms with E-state index in [0.717, 1.165) is 18.7 Å². The van der Waals surface area contributed by atoms with Gasteiger partial charge in [0.1, 0.15) is 0 Å². The number of nitrogens with zero attached hydrogens (tertiary/aromatic N) is 2. The number of hydrogen-bond donors (Lipinski definition) is 0. The predicted molar refractivity (Wildman–Crippen MR) is 223 cm³/mol. The first-order valence-corrected chi connectivity index (χ1v) is 26.9. The van der Waals surface area contributed by atoms with E-state index in [1.165, 1.54) is 39.5 Å². The van der Waals surface area contributed by atoms with Gasteiger partial charge in [0.25, 0.3) is 0 Å².